The maximum absolute atomic E-state index is 12.5. The Balaban J connectivity index is 2.40. The van der Waals surface area contributed by atoms with Crippen LogP contribution in [0.5, 0.6) is 0 Å². The maximum atomic E-state index is 12.5. The Labute approximate surface area is 123 Å². The van der Waals surface area contributed by atoms with E-state index in [-0.39, 0.29) is 11.9 Å². The molecular formula is C15H20N4O2. The minimum absolute atomic E-state index is 0.0370. The van der Waals surface area contributed by atoms with E-state index in [2.05, 4.69) is 10.4 Å². The lowest BCUT2D eigenvalue weighted by Crippen LogP contribution is -2.38. The number of carbonyl (C=O) groups is 1. The molecule has 0 aliphatic heterocycles. The molecule has 21 heavy (non-hydrogen) atoms. The van der Waals surface area contributed by atoms with Crippen LogP contribution >= 0.6 is 0 Å². The number of likely N-dealkylation sites (N-methyl/N-ethyl adjacent to an activating group) is 1. The van der Waals surface area contributed by atoms with Crippen LogP contribution in [0.15, 0.2) is 30.3 Å². The lowest BCUT2D eigenvalue weighted by molar-refractivity contribution is 0.0628. The van der Waals surface area contributed by atoms with Gasteiger partial charge in [-0.2, -0.15) is 0 Å². The van der Waals surface area contributed by atoms with Crippen LogP contribution in [0.2, 0.25) is 0 Å². The number of methoxy groups -OCH3 is 1. The number of hydrazine groups is 1. The second-order valence-electron chi connectivity index (χ2n) is 4.94. The molecule has 0 bridgehead atoms. The first-order valence-electron chi connectivity index (χ1n) is 6.71. The molecule has 1 heterocycles. The van der Waals surface area contributed by atoms with Gasteiger partial charge in [-0.15, -0.1) is 0 Å². The molecule has 0 spiro atoms. The number of para-hydroxylation sites is 1. The number of nitrogen functional groups attached to an aromatic ring is 1. The number of nitrogens with one attached hydrogen (secondary N) is 1. The zero-order valence-corrected chi connectivity index (χ0v) is 12.5. The lowest BCUT2D eigenvalue weighted by Gasteiger charge is -2.24. The number of rotatable bonds is 5. The number of benzene rings is 1. The van der Waals surface area contributed by atoms with Crippen molar-refractivity contribution in [2.75, 3.05) is 26.2 Å². The zero-order valence-electron chi connectivity index (χ0n) is 12.5. The van der Waals surface area contributed by atoms with Gasteiger partial charge in [-0.1, -0.05) is 18.2 Å². The number of pyridine rings is 1. The number of aromatic nitrogens is 1. The summed E-state index contributed by atoms with van der Waals surface area (Å²) in [5, 5.41) is 0.879. The summed E-state index contributed by atoms with van der Waals surface area (Å²) in [5.41, 5.74) is 4.38. The molecule has 1 aromatic carbocycles. The summed E-state index contributed by atoms with van der Waals surface area (Å²) in [5.74, 6) is 5.38. The first-order valence-corrected chi connectivity index (χ1v) is 6.71. The fourth-order valence-corrected chi connectivity index (χ4v) is 2.14. The molecular weight excluding hydrogens is 268 g/mol. The summed E-state index contributed by atoms with van der Waals surface area (Å²) in [6, 6.07) is 9.17. The minimum Gasteiger partial charge on any atom is -0.383 e. The molecule has 6 nitrogen and oxygen atoms in total. The highest BCUT2D eigenvalue weighted by atomic mass is 16.5. The van der Waals surface area contributed by atoms with Crippen LogP contribution in [0, 0.1) is 0 Å². The van der Waals surface area contributed by atoms with E-state index in [0.29, 0.717) is 18.0 Å². The monoisotopic (exact) mass is 288 g/mol. The Morgan fingerprint density at radius 1 is 1.48 bits per heavy atom. The number of ether oxygens (including phenoxy) is 1. The fourth-order valence-electron chi connectivity index (χ4n) is 2.14. The largest absolute Gasteiger partial charge is 0.383 e. The summed E-state index contributed by atoms with van der Waals surface area (Å²) < 4.78 is 5.08. The quantitative estimate of drug-likeness (QED) is 0.645. The van der Waals surface area contributed by atoms with Gasteiger partial charge in [0.15, 0.2) is 0 Å². The number of fused-ring (bicyclic) bond motifs is 1. The first kappa shape index (κ1) is 15.2. The third kappa shape index (κ3) is 3.12. The molecule has 112 valence electrons. The molecule has 3 N–H and O–H groups in total. The van der Waals surface area contributed by atoms with Crippen molar-refractivity contribution in [2.24, 2.45) is 5.84 Å². The number of anilines is 1. The van der Waals surface area contributed by atoms with Crippen LogP contribution in [-0.4, -0.2) is 42.6 Å². The molecule has 1 amide bonds. The smallest absolute Gasteiger partial charge is 0.272 e. The number of nitrogens with zero attached hydrogens (tertiary/aromatic N) is 2. The van der Waals surface area contributed by atoms with E-state index in [0.717, 1.165) is 10.9 Å². The van der Waals surface area contributed by atoms with Gasteiger partial charge < -0.3 is 15.1 Å². The molecule has 0 radical (unpaired) electrons. The standard InChI is InChI=1S/C15H20N4O2/c1-10(9-21-3)19(2)15(20)14-8-13(18-16)11-6-4-5-7-12(11)17-14/h4-8,10H,9,16H2,1-3H3,(H,17,18). The van der Waals surface area contributed by atoms with Gasteiger partial charge in [0.1, 0.15) is 5.69 Å². The summed E-state index contributed by atoms with van der Waals surface area (Å²) in [7, 11) is 3.35. The van der Waals surface area contributed by atoms with Crippen molar-refractivity contribution < 1.29 is 9.53 Å². The molecule has 1 aromatic heterocycles. The van der Waals surface area contributed by atoms with Gasteiger partial charge in [0.2, 0.25) is 0 Å². The Morgan fingerprint density at radius 3 is 2.86 bits per heavy atom. The summed E-state index contributed by atoms with van der Waals surface area (Å²) in [6.45, 7) is 2.39. The number of nitrogens with two attached hydrogens (primary N) is 1. The van der Waals surface area contributed by atoms with Crippen LogP contribution in [-0.2, 0) is 4.74 Å². The van der Waals surface area contributed by atoms with Gasteiger partial charge in [-0.05, 0) is 19.1 Å². The number of hydrogen-bond donors (Lipinski definition) is 2. The van der Waals surface area contributed by atoms with Crippen molar-refractivity contribution >= 4 is 22.5 Å². The van der Waals surface area contributed by atoms with Crippen LogP contribution in [0.1, 0.15) is 17.4 Å². The van der Waals surface area contributed by atoms with E-state index in [1.54, 1.807) is 25.1 Å². The molecule has 1 atom stereocenters. The predicted octanol–water partition coefficient (Wildman–Crippen LogP) is 1.63. The highest BCUT2D eigenvalue weighted by Crippen LogP contribution is 2.23. The van der Waals surface area contributed by atoms with Gasteiger partial charge in [-0.3, -0.25) is 10.6 Å². The SMILES string of the molecule is COCC(C)N(C)C(=O)c1cc(NN)c2ccccc2n1. The molecule has 2 rings (SSSR count). The summed E-state index contributed by atoms with van der Waals surface area (Å²) in [4.78, 5) is 18.5. The molecule has 0 saturated heterocycles. The van der Waals surface area contributed by atoms with Crippen molar-refractivity contribution in [3.8, 4) is 0 Å². The van der Waals surface area contributed by atoms with E-state index in [1.165, 1.54) is 0 Å². The molecule has 0 saturated carbocycles. The Hall–Kier alpha value is -2.18. The predicted molar refractivity (Wildman–Crippen MR) is 83.0 cm³/mol. The van der Waals surface area contributed by atoms with Crippen molar-refractivity contribution in [2.45, 2.75) is 13.0 Å². The molecule has 0 aliphatic carbocycles. The topological polar surface area (TPSA) is 80.5 Å². The zero-order chi connectivity index (χ0) is 15.4. The lowest BCUT2D eigenvalue weighted by atomic mass is 10.1. The Morgan fingerprint density at radius 2 is 2.19 bits per heavy atom. The van der Waals surface area contributed by atoms with Crippen molar-refractivity contribution in [3.05, 3.63) is 36.0 Å². The molecule has 0 fully saturated rings. The molecule has 0 aliphatic rings. The average molecular weight is 288 g/mol. The highest BCUT2D eigenvalue weighted by Gasteiger charge is 2.20. The van der Waals surface area contributed by atoms with Crippen LogP contribution in [0.3, 0.4) is 0 Å². The second kappa shape index (κ2) is 6.51. The maximum Gasteiger partial charge on any atom is 0.272 e. The second-order valence-corrected chi connectivity index (χ2v) is 4.94. The van der Waals surface area contributed by atoms with Crippen molar-refractivity contribution in [3.63, 3.8) is 0 Å². The molecule has 2 aromatic rings. The van der Waals surface area contributed by atoms with Gasteiger partial charge in [0.25, 0.3) is 5.91 Å². The number of hydrogen-bond acceptors (Lipinski definition) is 5. The highest BCUT2D eigenvalue weighted by molar-refractivity contribution is 5.99. The molecule has 1 unspecified atom stereocenters. The Bertz CT molecular complexity index is 645. The first-order chi connectivity index (χ1) is 10.1. The van der Waals surface area contributed by atoms with Gasteiger partial charge in [0, 0.05) is 19.5 Å². The molecule has 6 heteroatoms. The third-order valence-corrected chi connectivity index (χ3v) is 3.48. The minimum atomic E-state index is -0.165. The van der Waals surface area contributed by atoms with E-state index >= 15 is 0 Å². The van der Waals surface area contributed by atoms with Crippen LogP contribution in [0.25, 0.3) is 10.9 Å². The van der Waals surface area contributed by atoms with Gasteiger partial charge in [-0.25, -0.2) is 4.98 Å². The van der Waals surface area contributed by atoms with Crippen molar-refractivity contribution in [1.29, 1.82) is 0 Å². The van der Waals surface area contributed by atoms with Gasteiger partial charge in [0.05, 0.1) is 23.9 Å². The van der Waals surface area contributed by atoms with Gasteiger partial charge >= 0.3 is 0 Å². The van der Waals surface area contributed by atoms with Crippen LogP contribution < -0.4 is 11.3 Å². The van der Waals surface area contributed by atoms with E-state index < -0.39 is 0 Å². The van der Waals surface area contributed by atoms with E-state index in [1.807, 2.05) is 31.2 Å². The Kier molecular flexibility index (Phi) is 4.72. The average Bonchev–Trinajstić information content (AvgIpc) is 2.52. The number of carbonyl (C=O) groups excluding carboxylic acids is 1. The normalized spacial score (nSPS) is 12.2. The van der Waals surface area contributed by atoms with E-state index in [9.17, 15) is 4.79 Å². The van der Waals surface area contributed by atoms with Crippen LogP contribution in [0.4, 0.5) is 5.69 Å². The van der Waals surface area contributed by atoms with Crippen molar-refractivity contribution in [1.82, 2.24) is 9.88 Å². The fraction of sp³-hybridized carbons (Fsp3) is 0.333. The summed E-state index contributed by atoms with van der Waals surface area (Å²) in [6.07, 6.45) is 0. The van der Waals surface area contributed by atoms with E-state index in [4.69, 9.17) is 10.6 Å². The third-order valence-electron chi connectivity index (χ3n) is 3.48. The number of amides is 1. The summed E-state index contributed by atoms with van der Waals surface area (Å²) >= 11 is 0.